The van der Waals surface area contributed by atoms with Crippen LogP contribution >= 0.6 is 0 Å². The monoisotopic (exact) mass is 433 g/mol. The second-order valence-electron chi connectivity index (χ2n) is 7.81. The number of rotatable bonds is 5. The van der Waals surface area contributed by atoms with E-state index in [2.05, 4.69) is 15.1 Å². The molecule has 0 spiro atoms. The Morgan fingerprint density at radius 3 is 2.12 bits per heavy atom. The largest absolute Gasteiger partial charge is 0.478 e. The van der Waals surface area contributed by atoms with Gasteiger partial charge in [0.25, 0.3) is 5.91 Å². The summed E-state index contributed by atoms with van der Waals surface area (Å²) in [7, 11) is 0. The summed E-state index contributed by atoms with van der Waals surface area (Å²) in [6, 6.07) is 18.6. The minimum absolute atomic E-state index is 0.0458. The molecule has 1 aliphatic heterocycles. The zero-order valence-corrected chi connectivity index (χ0v) is 17.7. The number of anilines is 3. The Kier molecular flexibility index (Phi) is 6.07. The van der Waals surface area contributed by atoms with E-state index in [0.717, 1.165) is 30.0 Å². The number of carbonyl (C=O) groups is 2. The number of amides is 1. The number of hydrogen-bond donors (Lipinski definition) is 2. The van der Waals surface area contributed by atoms with E-state index in [9.17, 15) is 19.1 Å². The second kappa shape index (κ2) is 9.09. The van der Waals surface area contributed by atoms with Gasteiger partial charge < -0.3 is 20.2 Å². The molecule has 2 N–H and O–H groups in total. The first-order valence-corrected chi connectivity index (χ1v) is 10.4. The molecule has 0 atom stereocenters. The van der Waals surface area contributed by atoms with Crippen molar-refractivity contribution in [3.05, 3.63) is 89.2 Å². The first-order chi connectivity index (χ1) is 15.4. The van der Waals surface area contributed by atoms with E-state index in [0.29, 0.717) is 18.7 Å². The fourth-order valence-electron chi connectivity index (χ4n) is 3.87. The summed E-state index contributed by atoms with van der Waals surface area (Å²) in [6.45, 7) is 4.76. The fraction of sp³-hybridized carbons (Fsp3) is 0.200. The molecule has 1 aliphatic rings. The normalized spacial score (nSPS) is 13.7. The molecule has 0 aromatic heterocycles. The van der Waals surface area contributed by atoms with Crippen LogP contribution in [0.5, 0.6) is 0 Å². The highest BCUT2D eigenvalue weighted by atomic mass is 19.1. The van der Waals surface area contributed by atoms with Gasteiger partial charge in [-0.2, -0.15) is 0 Å². The Morgan fingerprint density at radius 1 is 0.875 bits per heavy atom. The number of carboxylic acid groups (broad SMARTS) is 1. The number of hydrogen-bond acceptors (Lipinski definition) is 4. The molecule has 1 saturated heterocycles. The Morgan fingerprint density at radius 2 is 1.50 bits per heavy atom. The number of halogens is 1. The van der Waals surface area contributed by atoms with Crippen LogP contribution in [-0.2, 0) is 0 Å². The van der Waals surface area contributed by atoms with Gasteiger partial charge >= 0.3 is 5.97 Å². The molecule has 7 heteroatoms. The van der Waals surface area contributed by atoms with Crippen LogP contribution < -0.4 is 15.1 Å². The van der Waals surface area contributed by atoms with Crippen molar-refractivity contribution < 1.29 is 19.1 Å². The number of aromatic carboxylic acids is 1. The highest BCUT2D eigenvalue weighted by Crippen LogP contribution is 2.26. The van der Waals surface area contributed by atoms with Crippen molar-refractivity contribution in [1.82, 2.24) is 0 Å². The van der Waals surface area contributed by atoms with E-state index in [1.165, 1.54) is 12.1 Å². The van der Waals surface area contributed by atoms with Crippen molar-refractivity contribution in [3.8, 4) is 0 Å². The molecule has 0 unspecified atom stereocenters. The number of aryl methyl sites for hydroxylation is 1. The maximum absolute atomic E-state index is 13.2. The quantitative estimate of drug-likeness (QED) is 0.624. The third-order valence-electron chi connectivity index (χ3n) is 5.60. The minimum Gasteiger partial charge on any atom is -0.478 e. The van der Waals surface area contributed by atoms with Crippen molar-refractivity contribution in [2.24, 2.45) is 0 Å². The molecular weight excluding hydrogens is 409 g/mol. The van der Waals surface area contributed by atoms with E-state index >= 15 is 0 Å². The molecule has 3 aromatic rings. The number of piperazine rings is 1. The average molecular weight is 433 g/mol. The second-order valence-corrected chi connectivity index (χ2v) is 7.81. The van der Waals surface area contributed by atoms with Gasteiger partial charge in [0.05, 0.1) is 11.3 Å². The molecule has 32 heavy (non-hydrogen) atoms. The Labute approximate surface area is 185 Å². The van der Waals surface area contributed by atoms with Crippen molar-refractivity contribution in [2.45, 2.75) is 6.92 Å². The summed E-state index contributed by atoms with van der Waals surface area (Å²) >= 11 is 0. The number of carboxylic acids is 1. The lowest BCUT2D eigenvalue weighted by atomic mass is 10.1. The van der Waals surface area contributed by atoms with Crippen molar-refractivity contribution in [2.75, 3.05) is 41.3 Å². The smallest absolute Gasteiger partial charge is 0.337 e. The van der Waals surface area contributed by atoms with Gasteiger partial charge in [-0.3, -0.25) is 4.79 Å². The van der Waals surface area contributed by atoms with Crippen LogP contribution in [-0.4, -0.2) is 43.2 Å². The molecule has 0 radical (unpaired) electrons. The zero-order valence-electron chi connectivity index (χ0n) is 17.7. The zero-order chi connectivity index (χ0) is 22.7. The summed E-state index contributed by atoms with van der Waals surface area (Å²) in [6.07, 6.45) is 0. The molecule has 0 bridgehead atoms. The molecule has 1 heterocycles. The maximum atomic E-state index is 13.2. The summed E-state index contributed by atoms with van der Waals surface area (Å²) < 4.78 is 13.2. The predicted molar refractivity (Wildman–Crippen MR) is 123 cm³/mol. The number of benzene rings is 3. The van der Waals surface area contributed by atoms with Gasteiger partial charge in [0.1, 0.15) is 5.82 Å². The van der Waals surface area contributed by atoms with Crippen LogP contribution in [0.1, 0.15) is 26.3 Å². The molecule has 3 aromatic carbocycles. The van der Waals surface area contributed by atoms with Gasteiger partial charge in [0.15, 0.2) is 0 Å². The van der Waals surface area contributed by atoms with Crippen molar-refractivity contribution in [1.29, 1.82) is 0 Å². The minimum atomic E-state index is -1.10. The van der Waals surface area contributed by atoms with Crippen LogP contribution in [0.2, 0.25) is 0 Å². The van der Waals surface area contributed by atoms with Gasteiger partial charge in [-0.1, -0.05) is 17.7 Å². The lowest BCUT2D eigenvalue weighted by molar-refractivity contribution is 0.0698. The van der Waals surface area contributed by atoms with Gasteiger partial charge in [-0.25, -0.2) is 9.18 Å². The van der Waals surface area contributed by atoms with Crippen LogP contribution in [0.4, 0.5) is 21.5 Å². The van der Waals surface area contributed by atoms with E-state index in [4.69, 9.17) is 0 Å². The van der Waals surface area contributed by atoms with Gasteiger partial charge in [0.2, 0.25) is 0 Å². The topological polar surface area (TPSA) is 72.9 Å². The Bertz CT molecular complexity index is 1140. The average Bonchev–Trinajstić information content (AvgIpc) is 2.80. The highest BCUT2D eigenvalue weighted by Gasteiger charge is 2.21. The molecule has 4 rings (SSSR count). The van der Waals surface area contributed by atoms with Crippen LogP contribution in [0, 0.1) is 12.7 Å². The van der Waals surface area contributed by atoms with Crippen molar-refractivity contribution >= 4 is 28.9 Å². The summed E-state index contributed by atoms with van der Waals surface area (Å²) in [5.41, 5.74) is 3.48. The Hall–Kier alpha value is -3.87. The lowest BCUT2D eigenvalue weighted by Crippen LogP contribution is -2.46. The van der Waals surface area contributed by atoms with Crippen molar-refractivity contribution in [3.63, 3.8) is 0 Å². The standard InChI is InChI=1S/C25H24FN3O3/c1-17-3-2-4-18(15-17)24(30)27-23-10-9-21(16-22(23)25(31)32)29-13-11-28(12-14-29)20-7-5-19(26)6-8-20/h2-10,15-16H,11-14H2,1H3,(H,27,30)(H,31,32). The summed E-state index contributed by atoms with van der Waals surface area (Å²) in [5.74, 6) is -1.71. The van der Waals surface area contributed by atoms with Gasteiger partial charge in [-0.15, -0.1) is 0 Å². The maximum Gasteiger partial charge on any atom is 0.337 e. The van der Waals surface area contributed by atoms with E-state index in [-0.39, 0.29) is 23.0 Å². The van der Waals surface area contributed by atoms with Crippen LogP contribution in [0.25, 0.3) is 0 Å². The molecule has 6 nitrogen and oxygen atoms in total. The SMILES string of the molecule is Cc1cccc(C(=O)Nc2ccc(N3CCN(c4ccc(F)cc4)CC3)cc2C(=O)O)c1. The molecule has 0 saturated carbocycles. The molecule has 1 fully saturated rings. The van der Waals surface area contributed by atoms with Crippen LogP contribution in [0.3, 0.4) is 0 Å². The third-order valence-corrected chi connectivity index (χ3v) is 5.60. The van der Waals surface area contributed by atoms with E-state index < -0.39 is 5.97 Å². The summed E-state index contributed by atoms with van der Waals surface area (Å²) in [4.78, 5) is 28.7. The molecule has 164 valence electrons. The number of nitrogens with zero attached hydrogens (tertiary/aromatic N) is 2. The number of nitrogens with one attached hydrogen (secondary N) is 1. The predicted octanol–water partition coefficient (Wildman–Crippen LogP) is 4.41. The molecule has 1 amide bonds. The summed E-state index contributed by atoms with van der Waals surface area (Å²) in [5, 5.41) is 12.4. The highest BCUT2D eigenvalue weighted by molar-refractivity contribution is 6.08. The first kappa shape index (κ1) is 21.4. The third kappa shape index (κ3) is 4.72. The Balaban J connectivity index is 1.48. The van der Waals surface area contributed by atoms with Gasteiger partial charge in [0, 0.05) is 43.1 Å². The van der Waals surface area contributed by atoms with Crippen LogP contribution in [0.15, 0.2) is 66.7 Å². The fourth-order valence-corrected chi connectivity index (χ4v) is 3.87. The lowest BCUT2D eigenvalue weighted by Gasteiger charge is -2.37. The molecular formula is C25H24FN3O3. The molecule has 0 aliphatic carbocycles. The van der Waals surface area contributed by atoms with E-state index in [1.807, 2.05) is 19.1 Å². The number of carbonyl (C=O) groups excluding carboxylic acids is 1. The first-order valence-electron chi connectivity index (χ1n) is 10.4. The van der Waals surface area contributed by atoms with Gasteiger partial charge in [-0.05, 0) is 61.5 Å². The van der Waals surface area contributed by atoms with E-state index in [1.54, 1.807) is 42.5 Å².